The molecule has 11 nitrogen and oxygen atoms in total. The highest BCUT2D eigenvalue weighted by Gasteiger charge is 2.42. The van der Waals surface area contributed by atoms with Crippen molar-refractivity contribution in [2.24, 2.45) is 0 Å². The van der Waals surface area contributed by atoms with E-state index in [-0.39, 0.29) is 30.0 Å². The zero-order valence-corrected chi connectivity index (χ0v) is 25.9. The number of nitrogens with one attached hydrogen (secondary N) is 1. The predicted molar refractivity (Wildman–Crippen MR) is 167 cm³/mol. The lowest BCUT2D eigenvalue weighted by atomic mass is 9.98. The number of carbonyl (C=O) groups is 2. The van der Waals surface area contributed by atoms with Gasteiger partial charge in [-0.3, -0.25) is 14.5 Å². The molecular formula is C31H38N8O3S. The monoisotopic (exact) mass is 602 g/mol. The summed E-state index contributed by atoms with van der Waals surface area (Å²) in [6.07, 6.45) is 4.46. The SMILES string of the molecule is CCN(CC)[C@@H](C)CNC(=O)c1cc(-c2cnn3ccc(-c4cccs4)nc23)nc(N2CC[C@H]2C(=O)N2CC(OC)C2)c1. The molecule has 0 aromatic carbocycles. The second kappa shape index (κ2) is 12.4. The summed E-state index contributed by atoms with van der Waals surface area (Å²) in [5.41, 5.74) is 3.30. The molecule has 2 aliphatic rings. The van der Waals surface area contributed by atoms with Crippen LogP contribution in [0.25, 0.3) is 27.5 Å². The van der Waals surface area contributed by atoms with E-state index < -0.39 is 0 Å². The number of rotatable bonds is 11. The van der Waals surface area contributed by atoms with Crippen LogP contribution in [0.2, 0.25) is 0 Å². The van der Waals surface area contributed by atoms with Crippen LogP contribution in [0.15, 0.2) is 48.1 Å². The third-order valence-corrected chi connectivity index (χ3v) is 9.47. The topological polar surface area (TPSA) is 108 Å². The number of carbonyl (C=O) groups excluding carboxylic acids is 2. The van der Waals surface area contributed by atoms with Crippen molar-refractivity contribution in [3.05, 3.63) is 53.7 Å². The number of anilines is 1. The van der Waals surface area contributed by atoms with Gasteiger partial charge in [-0.05, 0) is 56.1 Å². The van der Waals surface area contributed by atoms with Crippen molar-refractivity contribution >= 4 is 34.6 Å². The van der Waals surface area contributed by atoms with Crippen molar-refractivity contribution < 1.29 is 14.3 Å². The zero-order valence-electron chi connectivity index (χ0n) is 25.1. The number of pyridine rings is 1. The molecule has 43 heavy (non-hydrogen) atoms. The summed E-state index contributed by atoms with van der Waals surface area (Å²) in [6.45, 7) is 10.6. The van der Waals surface area contributed by atoms with Crippen LogP contribution in [0.3, 0.4) is 0 Å². The first-order valence-corrected chi connectivity index (χ1v) is 15.8. The summed E-state index contributed by atoms with van der Waals surface area (Å²) >= 11 is 1.62. The number of nitrogens with zero attached hydrogens (tertiary/aromatic N) is 7. The molecular weight excluding hydrogens is 564 g/mol. The first-order valence-electron chi connectivity index (χ1n) is 14.9. The van der Waals surface area contributed by atoms with Gasteiger partial charge in [-0.2, -0.15) is 5.10 Å². The number of thiophene rings is 1. The third-order valence-electron chi connectivity index (χ3n) is 8.58. The number of hydrogen-bond donors (Lipinski definition) is 1. The van der Waals surface area contributed by atoms with E-state index in [0.717, 1.165) is 35.6 Å². The highest BCUT2D eigenvalue weighted by atomic mass is 32.1. The number of likely N-dealkylation sites (N-methyl/N-ethyl adjacent to an activating group) is 1. The molecule has 0 aliphatic carbocycles. The fourth-order valence-electron chi connectivity index (χ4n) is 5.76. The van der Waals surface area contributed by atoms with Gasteiger partial charge in [-0.25, -0.2) is 14.5 Å². The van der Waals surface area contributed by atoms with E-state index in [1.54, 1.807) is 41.3 Å². The molecule has 4 aromatic rings. The lowest BCUT2D eigenvalue weighted by Gasteiger charge is -2.47. The van der Waals surface area contributed by atoms with Crippen LogP contribution >= 0.6 is 11.3 Å². The van der Waals surface area contributed by atoms with Gasteiger partial charge in [0, 0.05) is 51.1 Å². The predicted octanol–water partition coefficient (Wildman–Crippen LogP) is 3.42. The highest BCUT2D eigenvalue weighted by molar-refractivity contribution is 7.13. The van der Waals surface area contributed by atoms with Crippen molar-refractivity contribution in [1.29, 1.82) is 0 Å². The quantitative estimate of drug-likeness (QED) is 0.278. The number of likely N-dealkylation sites (tertiary alicyclic amines) is 1. The van der Waals surface area contributed by atoms with E-state index in [1.807, 2.05) is 39.6 Å². The Bertz CT molecular complexity index is 1600. The summed E-state index contributed by atoms with van der Waals surface area (Å²) in [7, 11) is 1.67. The molecule has 1 N–H and O–H groups in total. The van der Waals surface area contributed by atoms with Crippen molar-refractivity contribution in [3.63, 3.8) is 0 Å². The molecule has 2 atom stereocenters. The highest BCUT2D eigenvalue weighted by Crippen LogP contribution is 2.33. The summed E-state index contributed by atoms with van der Waals surface area (Å²) in [5, 5.41) is 9.67. The van der Waals surface area contributed by atoms with Gasteiger partial charge in [-0.15, -0.1) is 11.3 Å². The lowest BCUT2D eigenvalue weighted by molar-refractivity contribution is -0.145. The van der Waals surface area contributed by atoms with Crippen LogP contribution < -0.4 is 10.2 Å². The summed E-state index contributed by atoms with van der Waals surface area (Å²) < 4.78 is 7.08. The average Bonchev–Trinajstić information content (AvgIpc) is 3.65. The number of aromatic nitrogens is 4. The smallest absolute Gasteiger partial charge is 0.251 e. The Morgan fingerprint density at radius 1 is 1.16 bits per heavy atom. The fourth-order valence-corrected chi connectivity index (χ4v) is 6.45. The fraction of sp³-hybridized carbons (Fsp3) is 0.452. The van der Waals surface area contributed by atoms with Gasteiger partial charge in [0.25, 0.3) is 5.91 Å². The van der Waals surface area contributed by atoms with Gasteiger partial charge in [0.05, 0.1) is 34.1 Å². The molecule has 4 aromatic heterocycles. The Kier molecular flexibility index (Phi) is 8.42. The van der Waals surface area contributed by atoms with Crippen molar-refractivity contribution in [1.82, 2.24) is 34.7 Å². The van der Waals surface area contributed by atoms with Crippen LogP contribution in [0, 0.1) is 0 Å². The van der Waals surface area contributed by atoms with Crippen LogP contribution in [0.4, 0.5) is 5.82 Å². The molecule has 0 unspecified atom stereocenters. The second-order valence-corrected chi connectivity index (χ2v) is 12.0. The number of fused-ring (bicyclic) bond motifs is 1. The van der Waals surface area contributed by atoms with E-state index in [1.165, 1.54) is 0 Å². The Hall–Kier alpha value is -3.87. The molecule has 2 aliphatic heterocycles. The first kappa shape index (κ1) is 29.2. The maximum atomic E-state index is 13.6. The minimum atomic E-state index is -0.313. The summed E-state index contributed by atoms with van der Waals surface area (Å²) in [5.74, 6) is 0.493. The van der Waals surface area contributed by atoms with Crippen LogP contribution in [-0.2, 0) is 9.53 Å². The number of methoxy groups -OCH3 is 1. The Morgan fingerprint density at radius 3 is 2.65 bits per heavy atom. The minimum Gasteiger partial charge on any atom is -0.378 e. The van der Waals surface area contributed by atoms with E-state index in [4.69, 9.17) is 14.7 Å². The Morgan fingerprint density at radius 2 is 1.98 bits per heavy atom. The maximum Gasteiger partial charge on any atom is 0.251 e. The molecule has 0 saturated carbocycles. The Balaban J connectivity index is 1.34. The molecule has 2 fully saturated rings. The number of hydrogen-bond acceptors (Lipinski definition) is 9. The molecule has 0 bridgehead atoms. The van der Waals surface area contributed by atoms with Gasteiger partial charge in [-0.1, -0.05) is 19.9 Å². The third kappa shape index (κ3) is 5.74. The number of ether oxygens (including phenoxy) is 1. The summed E-state index contributed by atoms with van der Waals surface area (Å²) in [6, 6.07) is 9.46. The molecule has 2 amide bonds. The standard InChI is InChI=1S/C31H38N8O3S/c1-5-36(6-2)20(3)16-32-30(40)21-14-25(23-17-33-39-12-9-24(35-29(23)39)27-8-7-13-43-27)34-28(15-21)38-11-10-26(38)31(41)37-18-22(19-37)42-4/h7-9,12-15,17,20,22,26H,5-6,10-11,16,18-19H2,1-4H3,(H,32,40)/t20-,26-/m0/s1. The van der Waals surface area contributed by atoms with E-state index in [2.05, 4.69) is 36.1 Å². The number of amides is 2. The van der Waals surface area contributed by atoms with E-state index >= 15 is 0 Å². The van der Waals surface area contributed by atoms with Gasteiger partial charge in [0.1, 0.15) is 11.9 Å². The molecule has 6 heterocycles. The molecule has 0 spiro atoms. The molecule has 226 valence electrons. The maximum absolute atomic E-state index is 13.6. The van der Waals surface area contributed by atoms with Crippen molar-refractivity contribution in [2.45, 2.75) is 45.4 Å². The van der Waals surface area contributed by atoms with Gasteiger partial charge in [0.2, 0.25) is 5.91 Å². The van der Waals surface area contributed by atoms with Crippen LogP contribution in [-0.4, -0.2) is 106 Å². The van der Waals surface area contributed by atoms with E-state index in [9.17, 15) is 9.59 Å². The molecule has 6 rings (SSSR count). The van der Waals surface area contributed by atoms with Crippen molar-refractivity contribution in [3.8, 4) is 21.8 Å². The van der Waals surface area contributed by atoms with Crippen LogP contribution in [0.1, 0.15) is 37.6 Å². The zero-order chi connectivity index (χ0) is 30.1. The Labute approximate surface area is 255 Å². The van der Waals surface area contributed by atoms with Crippen molar-refractivity contribution in [2.75, 3.05) is 51.3 Å². The normalized spacial score (nSPS) is 17.7. The van der Waals surface area contributed by atoms with E-state index in [0.29, 0.717) is 48.9 Å². The average molecular weight is 603 g/mol. The molecule has 0 radical (unpaired) electrons. The second-order valence-electron chi connectivity index (χ2n) is 11.1. The lowest BCUT2D eigenvalue weighted by Crippen LogP contribution is -2.63. The summed E-state index contributed by atoms with van der Waals surface area (Å²) in [4.78, 5) is 44.0. The first-order chi connectivity index (χ1) is 20.9. The van der Waals surface area contributed by atoms with Gasteiger partial charge < -0.3 is 19.9 Å². The minimum absolute atomic E-state index is 0.0732. The largest absolute Gasteiger partial charge is 0.378 e. The molecule has 12 heteroatoms. The van der Waals surface area contributed by atoms with Gasteiger partial charge in [0.15, 0.2) is 5.65 Å². The van der Waals surface area contributed by atoms with Gasteiger partial charge >= 0.3 is 0 Å². The van der Waals surface area contributed by atoms with Crippen LogP contribution in [0.5, 0.6) is 0 Å². The molecule has 2 saturated heterocycles.